The van der Waals surface area contributed by atoms with Gasteiger partial charge in [0, 0.05) is 35.7 Å². The Bertz CT molecular complexity index is 1110. The Balaban J connectivity index is 2.22. The number of nitrogens with two attached hydrogens (primary N) is 2. The van der Waals surface area contributed by atoms with E-state index in [1.807, 2.05) is 18.2 Å². The van der Waals surface area contributed by atoms with Gasteiger partial charge in [-0.25, -0.2) is 4.79 Å². The van der Waals surface area contributed by atoms with Crippen molar-refractivity contribution in [3.8, 4) is 0 Å². The van der Waals surface area contributed by atoms with Crippen LogP contribution in [0.15, 0.2) is 30.5 Å². The van der Waals surface area contributed by atoms with Crippen molar-refractivity contribution >= 4 is 53.1 Å². The number of aliphatic hydroxyl groups is 1. The van der Waals surface area contributed by atoms with Crippen LogP contribution in [-0.2, 0) is 30.4 Å². The molecule has 1 aromatic carbocycles. The number of H-pyrrole nitrogens is 1. The summed E-state index contributed by atoms with van der Waals surface area (Å²) in [6.45, 7) is -0.831. The van der Waals surface area contributed by atoms with Crippen molar-refractivity contribution in [2.24, 2.45) is 11.5 Å². The number of para-hydroxylation sites is 1. The molecule has 4 amide bonds. The zero-order valence-electron chi connectivity index (χ0n) is 19.3. The molecule has 4 atom stereocenters. The number of carbonyl (C=O) groups excluding carboxylic acids is 4. The number of carboxylic acids is 1. The van der Waals surface area contributed by atoms with Crippen molar-refractivity contribution in [1.29, 1.82) is 0 Å². The molecule has 36 heavy (non-hydrogen) atoms. The van der Waals surface area contributed by atoms with Crippen LogP contribution in [0, 0.1) is 0 Å². The van der Waals surface area contributed by atoms with Gasteiger partial charge in [-0.2, -0.15) is 12.6 Å². The molecule has 0 saturated carbocycles. The number of aliphatic carboxylic acids is 1. The highest BCUT2D eigenvalue weighted by Crippen LogP contribution is 2.19. The SMILES string of the molecule is NC(=O)CCC(N)C(=O)NC(Cc1c[nH]c2ccccc12)C(=O)NC(CO)C(=O)NC(CS)C(=O)O. The Labute approximate surface area is 211 Å². The first-order chi connectivity index (χ1) is 17.1. The van der Waals surface area contributed by atoms with Gasteiger partial charge in [-0.15, -0.1) is 0 Å². The highest BCUT2D eigenvalue weighted by atomic mass is 32.1. The van der Waals surface area contributed by atoms with Crippen molar-refractivity contribution < 1.29 is 34.2 Å². The van der Waals surface area contributed by atoms with Crippen LogP contribution in [0.5, 0.6) is 0 Å². The van der Waals surface area contributed by atoms with Gasteiger partial charge in [0.05, 0.1) is 12.6 Å². The fraction of sp³-hybridized carbons (Fsp3) is 0.409. The van der Waals surface area contributed by atoms with Crippen molar-refractivity contribution in [2.45, 2.75) is 43.4 Å². The number of aliphatic hydroxyl groups excluding tert-OH is 1. The molecule has 0 aliphatic carbocycles. The van der Waals surface area contributed by atoms with E-state index in [0.717, 1.165) is 10.9 Å². The number of thiol groups is 1. The van der Waals surface area contributed by atoms with Crippen LogP contribution in [0.2, 0.25) is 0 Å². The first-order valence-electron chi connectivity index (χ1n) is 11.0. The molecule has 0 spiro atoms. The van der Waals surface area contributed by atoms with E-state index in [-0.39, 0.29) is 25.0 Å². The first kappa shape index (κ1) is 28.6. The molecule has 0 aliphatic rings. The maximum Gasteiger partial charge on any atom is 0.327 e. The molecule has 14 heteroatoms. The minimum atomic E-state index is -1.50. The second kappa shape index (κ2) is 13.5. The lowest BCUT2D eigenvalue weighted by atomic mass is 10.0. The minimum absolute atomic E-state index is 0.00170. The number of benzene rings is 1. The quantitative estimate of drug-likeness (QED) is 0.123. The van der Waals surface area contributed by atoms with Crippen LogP contribution in [0.3, 0.4) is 0 Å². The lowest BCUT2D eigenvalue weighted by Crippen LogP contribution is -2.58. The molecule has 0 saturated heterocycles. The summed E-state index contributed by atoms with van der Waals surface area (Å²) >= 11 is 3.86. The Kier molecular flexibility index (Phi) is 10.7. The van der Waals surface area contributed by atoms with Gasteiger partial charge in [0.15, 0.2) is 0 Å². The number of carboxylic acid groups (broad SMARTS) is 1. The predicted molar refractivity (Wildman–Crippen MR) is 133 cm³/mol. The molecule has 0 radical (unpaired) electrons. The highest BCUT2D eigenvalue weighted by molar-refractivity contribution is 7.80. The average molecular weight is 523 g/mol. The molecule has 2 aromatic rings. The summed E-state index contributed by atoms with van der Waals surface area (Å²) in [5, 5.41) is 26.6. The predicted octanol–water partition coefficient (Wildman–Crippen LogP) is -2.24. The number of aromatic nitrogens is 1. The van der Waals surface area contributed by atoms with Crippen LogP contribution in [-0.4, -0.2) is 81.3 Å². The fourth-order valence-corrected chi connectivity index (χ4v) is 3.61. The van der Waals surface area contributed by atoms with Crippen LogP contribution < -0.4 is 27.4 Å². The van der Waals surface area contributed by atoms with E-state index in [2.05, 4.69) is 33.6 Å². The monoisotopic (exact) mass is 522 g/mol. The van der Waals surface area contributed by atoms with Gasteiger partial charge < -0.3 is 42.6 Å². The second-order valence-electron chi connectivity index (χ2n) is 8.06. The minimum Gasteiger partial charge on any atom is -0.480 e. The molecule has 10 N–H and O–H groups in total. The van der Waals surface area contributed by atoms with Gasteiger partial charge >= 0.3 is 5.97 Å². The third-order valence-electron chi connectivity index (χ3n) is 5.38. The summed E-state index contributed by atoms with van der Waals surface area (Å²) in [5.41, 5.74) is 12.4. The molecule has 196 valence electrons. The molecule has 0 aliphatic heterocycles. The second-order valence-corrected chi connectivity index (χ2v) is 8.43. The molecule has 0 fully saturated rings. The van der Waals surface area contributed by atoms with Gasteiger partial charge in [0.2, 0.25) is 23.6 Å². The summed E-state index contributed by atoms with van der Waals surface area (Å²) in [6.07, 6.45) is 1.50. The topological polar surface area (TPSA) is 230 Å². The number of rotatable bonds is 14. The number of carbonyl (C=O) groups is 5. The summed E-state index contributed by atoms with van der Waals surface area (Å²) in [7, 11) is 0. The number of amides is 4. The summed E-state index contributed by atoms with van der Waals surface area (Å²) < 4.78 is 0. The van der Waals surface area contributed by atoms with E-state index in [1.54, 1.807) is 12.3 Å². The van der Waals surface area contributed by atoms with Crippen LogP contribution in [0.1, 0.15) is 18.4 Å². The Morgan fingerprint density at radius 2 is 1.58 bits per heavy atom. The Morgan fingerprint density at radius 1 is 0.972 bits per heavy atom. The third-order valence-corrected chi connectivity index (χ3v) is 5.75. The van der Waals surface area contributed by atoms with E-state index in [0.29, 0.717) is 5.56 Å². The maximum absolute atomic E-state index is 13.1. The van der Waals surface area contributed by atoms with Crippen molar-refractivity contribution in [3.63, 3.8) is 0 Å². The number of primary amides is 1. The van der Waals surface area contributed by atoms with E-state index in [9.17, 15) is 29.1 Å². The number of hydrogen-bond donors (Lipinski definition) is 9. The van der Waals surface area contributed by atoms with Crippen molar-refractivity contribution in [2.75, 3.05) is 12.4 Å². The lowest BCUT2D eigenvalue weighted by Gasteiger charge is -2.24. The Morgan fingerprint density at radius 3 is 2.19 bits per heavy atom. The standard InChI is InChI=1S/C22H30N6O7S/c23-13(5-6-18(24)30)19(31)26-15(7-11-8-25-14-4-2-1-3-12(11)14)20(32)27-16(9-29)21(33)28-17(10-36)22(34)35/h1-4,8,13,15-17,25,29,36H,5-7,9-10,23H2,(H2,24,30)(H,26,31)(H,27,32)(H,28,33)(H,34,35). The van der Waals surface area contributed by atoms with Gasteiger partial charge in [0.1, 0.15) is 18.1 Å². The number of fused-ring (bicyclic) bond motifs is 1. The van der Waals surface area contributed by atoms with E-state index < -0.39 is 60.4 Å². The lowest BCUT2D eigenvalue weighted by molar-refractivity contribution is -0.142. The van der Waals surface area contributed by atoms with Gasteiger partial charge in [-0.3, -0.25) is 19.2 Å². The number of nitrogens with one attached hydrogen (secondary N) is 4. The van der Waals surface area contributed by atoms with Crippen LogP contribution >= 0.6 is 12.6 Å². The molecule has 1 heterocycles. The average Bonchev–Trinajstić information content (AvgIpc) is 3.25. The molecule has 4 unspecified atom stereocenters. The molecular weight excluding hydrogens is 492 g/mol. The molecule has 1 aromatic heterocycles. The molecule has 2 rings (SSSR count). The van der Waals surface area contributed by atoms with Gasteiger partial charge in [-0.1, -0.05) is 18.2 Å². The first-order valence-corrected chi connectivity index (χ1v) is 11.6. The Hall–Kier alpha value is -3.62. The summed E-state index contributed by atoms with van der Waals surface area (Å²) in [5.74, 6) is -4.66. The van der Waals surface area contributed by atoms with E-state index >= 15 is 0 Å². The summed E-state index contributed by atoms with van der Waals surface area (Å²) in [6, 6.07) is 2.11. The molecule has 0 bridgehead atoms. The number of aromatic amines is 1. The fourth-order valence-electron chi connectivity index (χ4n) is 3.36. The van der Waals surface area contributed by atoms with E-state index in [1.165, 1.54) is 0 Å². The van der Waals surface area contributed by atoms with Crippen LogP contribution in [0.4, 0.5) is 0 Å². The zero-order valence-corrected chi connectivity index (χ0v) is 20.2. The number of hydrogen-bond acceptors (Lipinski definition) is 8. The maximum atomic E-state index is 13.1. The highest BCUT2D eigenvalue weighted by Gasteiger charge is 2.30. The van der Waals surface area contributed by atoms with Gasteiger partial charge in [-0.05, 0) is 18.1 Å². The van der Waals surface area contributed by atoms with Crippen molar-refractivity contribution in [1.82, 2.24) is 20.9 Å². The summed E-state index contributed by atoms with van der Waals surface area (Å²) in [4.78, 5) is 63.4. The molecular formula is C22H30N6O7S. The normalized spacial score (nSPS) is 14.3. The smallest absolute Gasteiger partial charge is 0.327 e. The van der Waals surface area contributed by atoms with E-state index in [4.69, 9.17) is 16.6 Å². The third kappa shape index (κ3) is 7.96. The largest absolute Gasteiger partial charge is 0.480 e. The van der Waals surface area contributed by atoms with Crippen molar-refractivity contribution in [3.05, 3.63) is 36.0 Å². The zero-order chi connectivity index (χ0) is 26.8. The molecule has 13 nitrogen and oxygen atoms in total. The van der Waals surface area contributed by atoms with Crippen LogP contribution in [0.25, 0.3) is 10.9 Å². The van der Waals surface area contributed by atoms with Gasteiger partial charge in [0.25, 0.3) is 0 Å².